The van der Waals surface area contributed by atoms with Gasteiger partial charge in [-0.25, -0.2) is 8.42 Å². The first-order valence-electron chi connectivity index (χ1n) is 7.84. The molecule has 2 aliphatic rings. The minimum absolute atomic E-state index is 0.0665. The number of hydrogen-bond donors (Lipinski definition) is 2. The Bertz CT molecular complexity index is 542. The van der Waals surface area contributed by atoms with E-state index in [2.05, 4.69) is 10.6 Å². The molecule has 0 aromatic rings. The molecular formula is C14H23F3N2O3S. The van der Waals surface area contributed by atoms with Crippen molar-refractivity contribution in [3.8, 4) is 0 Å². The summed E-state index contributed by atoms with van der Waals surface area (Å²) in [5.74, 6) is -2.07. The van der Waals surface area contributed by atoms with Crippen LogP contribution in [0.4, 0.5) is 13.2 Å². The molecule has 2 N–H and O–H groups in total. The fourth-order valence-corrected chi connectivity index (χ4v) is 4.87. The van der Waals surface area contributed by atoms with Crippen LogP contribution in [0, 0.1) is 5.92 Å². The second kappa shape index (κ2) is 6.58. The number of carbonyl (C=O) groups excluding carboxylic acids is 1. The molecule has 1 heterocycles. The summed E-state index contributed by atoms with van der Waals surface area (Å²) >= 11 is 0. The molecule has 1 amide bonds. The summed E-state index contributed by atoms with van der Waals surface area (Å²) in [7, 11) is -3.65. The van der Waals surface area contributed by atoms with Gasteiger partial charge in [-0.2, -0.15) is 13.2 Å². The maximum atomic E-state index is 12.9. The van der Waals surface area contributed by atoms with Crippen molar-refractivity contribution in [1.82, 2.24) is 10.6 Å². The zero-order valence-corrected chi connectivity index (χ0v) is 13.9. The van der Waals surface area contributed by atoms with E-state index in [1.54, 1.807) is 0 Å². The van der Waals surface area contributed by atoms with Crippen LogP contribution in [0.25, 0.3) is 0 Å². The third-order valence-electron chi connectivity index (χ3n) is 5.01. The molecule has 1 saturated carbocycles. The maximum absolute atomic E-state index is 12.9. The lowest BCUT2D eigenvalue weighted by Crippen LogP contribution is -2.59. The predicted molar refractivity (Wildman–Crippen MR) is 79.6 cm³/mol. The standard InChI is InChI=1S/C14H23F3N2O3S/c1-23(21,22)13(5-7-18-8-6-13)12(20)19-11-4-2-3-10(9-11)14(15,16)17/h10-11,18H,2-9H2,1H3,(H,19,20). The lowest BCUT2D eigenvalue weighted by Gasteiger charge is -2.37. The number of hydrogen-bond acceptors (Lipinski definition) is 4. The van der Waals surface area contributed by atoms with Gasteiger partial charge >= 0.3 is 6.18 Å². The van der Waals surface area contributed by atoms with Crippen LogP contribution in [-0.2, 0) is 14.6 Å². The van der Waals surface area contributed by atoms with E-state index in [0.29, 0.717) is 25.9 Å². The van der Waals surface area contributed by atoms with E-state index >= 15 is 0 Å². The van der Waals surface area contributed by atoms with E-state index < -0.39 is 38.6 Å². The Balaban J connectivity index is 2.10. The van der Waals surface area contributed by atoms with Gasteiger partial charge in [-0.3, -0.25) is 4.79 Å². The van der Waals surface area contributed by atoms with Crippen LogP contribution < -0.4 is 10.6 Å². The zero-order chi connectivity index (χ0) is 17.3. The molecule has 23 heavy (non-hydrogen) atoms. The number of piperidine rings is 1. The Hall–Kier alpha value is -0.830. The molecule has 0 bridgehead atoms. The monoisotopic (exact) mass is 356 g/mol. The second-order valence-electron chi connectivity index (χ2n) is 6.59. The second-order valence-corrected chi connectivity index (χ2v) is 8.92. The lowest BCUT2D eigenvalue weighted by atomic mass is 9.84. The van der Waals surface area contributed by atoms with E-state index in [9.17, 15) is 26.4 Å². The minimum atomic E-state index is -4.27. The fraction of sp³-hybridized carbons (Fsp3) is 0.929. The van der Waals surface area contributed by atoms with Crippen LogP contribution in [0.15, 0.2) is 0 Å². The van der Waals surface area contributed by atoms with Crippen molar-refractivity contribution in [2.75, 3.05) is 19.3 Å². The van der Waals surface area contributed by atoms with Gasteiger partial charge in [-0.1, -0.05) is 6.42 Å². The highest BCUT2D eigenvalue weighted by molar-refractivity contribution is 7.92. The minimum Gasteiger partial charge on any atom is -0.352 e. The Morgan fingerprint density at radius 3 is 2.35 bits per heavy atom. The third-order valence-corrected chi connectivity index (χ3v) is 7.02. The van der Waals surface area contributed by atoms with E-state index in [-0.39, 0.29) is 25.7 Å². The van der Waals surface area contributed by atoms with Crippen molar-refractivity contribution in [2.45, 2.75) is 55.5 Å². The number of carbonyl (C=O) groups is 1. The molecular weight excluding hydrogens is 333 g/mol. The fourth-order valence-electron chi connectivity index (χ4n) is 3.53. The largest absolute Gasteiger partial charge is 0.391 e. The Morgan fingerprint density at radius 1 is 1.22 bits per heavy atom. The van der Waals surface area contributed by atoms with Crippen LogP contribution in [0.5, 0.6) is 0 Å². The van der Waals surface area contributed by atoms with Crippen LogP contribution in [0.1, 0.15) is 38.5 Å². The van der Waals surface area contributed by atoms with Crippen molar-refractivity contribution in [1.29, 1.82) is 0 Å². The Kier molecular flexibility index (Phi) is 5.30. The number of rotatable bonds is 3. The first-order chi connectivity index (χ1) is 10.6. The van der Waals surface area contributed by atoms with Crippen molar-refractivity contribution < 1.29 is 26.4 Å². The van der Waals surface area contributed by atoms with Crippen molar-refractivity contribution in [3.05, 3.63) is 0 Å². The molecule has 134 valence electrons. The van der Waals surface area contributed by atoms with Crippen molar-refractivity contribution in [3.63, 3.8) is 0 Å². The van der Waals surface area contributed by atoms with Crippen molar-refractivity contribution >= 4 is 15.7 Å². The van der Waals surface area contributed by atoms with Gasteiger partial charge in [0.15, 0.2) is 14.6 Å². The summed E-state index contributed by atoms with van der Waals surface area (Å²) in [6.45, 7) is 0.798. The number of nitrogens with one attached hydrogen (secondary N) is 2. The number of amides is 1. The summed E-state index contributed by atoms with van der Waals surface area (Å²) in [5, 5.41) is 5.60. The summed E-state index contributed by atoms with van der Waals surface area (Å²) in [4.78, 5) is 12.6. The van der Waals surface area contributed by atoms with E-state index in [1.165, 1.54) is 0 Å². The van der Waals surface area contributed by atoms with Crippen LogP contribution in [0.3, 0.4) is 0 Å². The first-order valence-corrected chi connectivity index (χ1v) is 9.73. The van der Waals surface area contributed by atoms with Crippen LogP contribution in [0.2, 0.25) is 0 Å². The highest BCUT2D eigenvalue weighted by Crippen LogP contribution is 2.38. The Labute approximate surface area is 134 Å². The normalized spacial score (nSPS) is 29.0. The summed E-state index contributed by atoms with van der Waals surface area (Å²) in [6.07, 6.45) is -2.23. The third kappa shape index (κ3) is 3.99. The first kappa shape index (κ1) is 18.5. The average molecular weight is 356 g/mol. The number of sulfone groups is 1. The SMILES string of the molecule is CS(=O)(=O)C1(C(=O)NC2CCCC(C(F)(F)F)C2)CCNCC1. The summed E-state index contributed by atoms with van der Waals surface area (Å²) in [6, 6.07) is -0.614. The molecule has 2 rings (SSSR count). The molecule has 1 aliphatic heterocycles. The molecule has 2 unspecified atom stereocenters. The van der Waals surface area contributed by atoms with Gasteiger partial charge < -0.3 is 10.6 Å². The van der Waals surface area contributed by atoms with Crippen LogP contribution in [-0.4, -0.2) is 50.6 Å². The molecule has 0 aromatic heterocycles. The Morgan fingerprint density at radius 2 is 1.83 bits per heavy atom. The summed E-state index contributed by atoms with van der Waals surface area (Å²) in [5.41, 5.74) is 0. The van der Waals surface area contributed by atoms with Gasteiger partial charge in [-0.15, -0.1) is 0 Å². The molecule has 2 fully saturated rings. The quantitative estimate of drug-likeness (QED) is 0.801. The van der Waals surface area contributed by atoms with E-state index in [0.717, 1.165) is 6.26 Å². The molecule has 0 aromatic carbocycles. The zero-order valence-electron chi connectivity index (χ0n) is 13.1. The van der Waals surface area contributed by atoms with Gasteiger partial charge in [-0.05, 0) is 45.2 Å². The highest BCUT2D eigenvalue weighted by atomic mass is 32.2. The number of halogens is 3. The molecule has 5 nitrogen and oxygen atoms in total. The number of alkyl halides is 3. The summed E-state index contributed by atoms with van der Waals surface area (Å²) < 4.78 is 61.3. The molecule has 1 saturated heterocycles. The van der Waals surface area contributed by atoms with Gasteiger partial charge in [0.1, 0.15) is 0 Å². The smallest absolute Gasteiger partial charge is 0.352 e. The molecule has 9 heteroatoms. The molecule has 2 atom stereocenters. The maximum Gasteiger partial charge on any atom is 0.391 e. The van der Waals surface area contributed by atoms with Gasteiger partial charge in [0, 0.05) is 12.3 Å². The lowest BCUT2D eigenvalue weighted by molar-refractivity contribution is -0.184. The molecule has 0 radical (unpaired) electrons. The molecule has 0 spiro atoms. The van der Waals surface area contributed by atoms with E-state index in [1.807, 2.05) is 0 Å². The molecule has 1 aliphatic carbocycles. The topological polar surface area (TPSA) is 75.3 Å². The van der Waals surface area contributed by atoms with Crippen LogP contribution >= 0.6 is 0 Å². The van der Waals surface area contributed by atoms with Gasteiger partial charge in [0.05, 0.1) is 5.92 Å². The average Bonchev–Trinajstić information content (AvgIpc) is 2.46. The predicted octanol–water partition coefficient (Wildman–Crippen LogP) is 1.39. The van der Waals surface area contributed by atoms with Crippen molar-refractivity contribution in [2.24, 2.45) is 5.92 Å². The van der Waals surface area contributed by atoms with Gasteiger partial charge in [0.25, 0.3) is 0 Å². The highest BCUT2D eigenvalue weighted by Gasteiger charge is 2.50. The van der Waals surface area contributed by atoms with E-state index in [4.69, 9.17) is 0 Å². The van der Waals surface area contributed by atoms with Gasteiger partial charge in [0.2, 0.25) is 5.91 Å².